The van der Waals surface area contributed by atoms with Crippen molar-refractivity contribution in [3.8, 4) is 0 Å². The molecular weight excluding hydrogens is 488 g/mol. The minimum absolute atomic E-state index is 0.124. The Kier molecular flexibility index (Phi) is 7.64. The first kappa shape index (κ1) is 25.6. The van der Waals surface area contributed by atoms with E-state index in [0.717, 1.165) is 11.1 Å². The zero-order valence-corrected chi connectivity index (χ0v) is 21.2. The Morgan fingerprint density at radius 2 is 1.59 bits per heavy atom. The summed E-state index contributed by atoms with van der Waals surface area (Å²) in [6.45, 7) is 3.91. The molecule has 0 atom stereocenters. The van der Waals surface area contributed by atoms with Crippen LogP contribution in [0.15, 0.2) is 96.2 Å². The zero-order chi connectivity index (χ0) is 26.4. The van der Waals surface area contributed by atoms with Crippen LogP contribution in [0.4, 0.5) is 11.4 Å². The van der Waals surface area contributed by atoms with Gasteiger partial charge in [-0.1, -0.05) is 42.0 Å². The van der Waals surface area contributed by atoms with Gasteiger partial charge in [-0.2, -0.15) is 0 Å². The molecule has 188 valence electrons. The van der Waals surface area contributed by atoms with Crippen LogP contribution in [0.5, 0.6) is 0 Å². The van der Waals surface area contributed by atoms with Gasteiger partial charge in [0, 0.05) is 24.5 Å². The van der Waals surface area contributed by atoms with Crippen molar-refractivity contribution in [1.82, 2.24) is 10.3 Å². The molecule has 4 aromatic rings. The van der Waals surface area contributed by atoms with Crippen LogP contribution >= 0.6 is 0 Å². The fraction of sp³-hybridized carbons (Fsp3) is 0.107. The highest BCUT2D eigenvalue weighted by Crippen LogP contribution is 2.23. The number of aromatic nitrogens is 1. The number of sulfonamides is 1. The molecule has 0 radical (unpaired) electrons. The third-order valence-corrected chi connectivity index (χ3v) is 7.05. The first-order valence-electron chi connectivity index (χ1n) is 11.5. The lowest BCUT2D eigenvalue weighted by Crippen LogP contribution is -2.25. The summed E-state index contributed by atoms with van der Waals surface area (Å²) in [5.74, 6) is -0.835. The van der Waals surface area contributed by atoms with Crippen LogP contribution in [0.2, 0.25) is 0 Å². The Hall–Kier alpha value is -4.50. The number of anilines is 2. The molecule has 0 spiro atoms. The van der Waals surface area contributed by atoms with Crippen LogP contribution in [0.1, 0.15) is 37.4 Å². The average Bonchev–Trinajstić information content (AvgIpc) is 2.89. The van der Waals surface area contributed by atoms with E-state index in [4.69, 9.17) is 0 Å². The van der Waals surface area contributed by atoms with Crippen LogP contribution in [-0.2, 0) is 16.6 Å². The molecule has 0 saturated carbocycles. The predicted molar refractivity (Wildman–Crippen MR) is 143 cm³/mol. The average molecular weight is 515 g/mol. The summed E-state index contributed by atoms with van der Waals surface area (Å²) in [7, 11) is -3.84. The van der Waals surface area contributed by atoms with Crippen molar-refractivity contribution in [2.24, 2.45) is 0 Å². The number of amides is 2. The lowest BCUT2D eigenvalue weighted by atomic mass is 10.1. The number of pyridine rings is 1. The normalized spacial score (nSPS) is 11.0. The zero-order valence-electron chi connectivity index (χ0n) is 20.4. The van der Waals surface area contributed by atoms with E-state index in [-0.39, 0.29) is 28.6 Å². The van der Waals surface area contributed by atoms with E-state index in [2.05, 4.69) is 20.3 Å². The standard InChI is InChI=1S/C28H26N4O4S/c1-19-9-13-23(14-10-19)37(35,36)32-26-16-22(12-11-20(26)2)27(33)31-25-8-4-3-7-24(25)28(34)30-18-21-6-5-15-29-17-21/h3-17,32H,18H2,1-2H3,(H,30,34)(H,31,33). The Morgan fingerprint density at radius 3 is 2.32 bits per heavy atom. The van der Waals surface area contributed by atoms with E-state index < -0.39 is 15.9 Å². The maximum atomic E-state index is 13.1. The molecule has 8 nitrogen and oxygen atoms in total. The summed E-state index contributed by atoms with van der Waals surface area (Å²) in [6, 6.07) is 21.5. The predicted octanol–water partition coefficient (Wildman–Crippen LogP) is 4.68. The van der Waals surface area contributed by atoms with Crippen molar-refractivity contribution in [3.63, 3.8) is 0 Å². The second-order valence-electron chi connectivity index (χ2n) is 8.49. The number of hydrogen-bond acceptors (Lipinski definition) is 5. The smallest absolute Gasteiger partial charge is 0.261 e. The highest BCUT2D eigenvalue weighted by Gasteiger charge is 2.18. The van der Waals surface area contributed by atoms with Gasteiger partial charge < -0.3 is 10.6 Å². The van der Waals surface area contributed by atoms with Crippen LogP contribution in [0.3, 0.4) is 0 Å². The van der Waals surface area contributed by atoms with Crippen molar-refractivity contribution < 1.29 is 18.0 Å². The number of nitrogens with one attached hydrogen (secondary N) is 3. The topological polar surface area (TPSA) is 117 Å². The van der Waals surface area contributed by atoms with Gasteiger partial charge in [0.2, 0.25) is 0 Å². The van der Waals surface area contributed by atoms with Gasteiger partial charge in [0.15, 0.2) is 0 Å². The van der Waals surface area contributed by atoms with Crippen LogP contribution in [0, 0.1) is 13.8 Å². The Balaban J connectivity index is 1.51. The summed E-state index contributed by atoms with van der Waals surface area (Å²) in [5, 5.41) is 5.59. The van der Waals surface area contributed by atoms with Gasteiger partial charge in [0.05, 0.1) is 21.8 Å². The van der Waals surface area contributed by atoms with Gasteiger partial charge in [-0.25, -0.2) is 8.42 Å². The van der Waals surface area contributed by atoms with Crippen molar-refractivity contribution in [1.29, 1.82) is 0 Å². The molecule has 0 aliphatic carbocycles. The first-order chi connectivity index (χ1) is 17.7. The number of carbonyl (C=O) groups excluding carboxylic acids is 2. The molecule has 37 heavy (non-hydrogen) atoms. The van der Waals surface area contributed by atoms with Gasteiger partial charge in [-0.05, 0) is 67.4 Å². The Bertz CT molecular complexity index is 1540. The third kappa shape index (κ3) is 6.39. The van der Waals surface area contributed by atoms with E-state index in [9.17, 15) is 18.0 Å². The fourth-order valence-corrected chi connectivity index (χ4v) is 4.68. The summed E-state index contributed by atoms with van der Waals surface area (Å²) in [5.41, 5.74) is 3.60. The lowest BCUT2D eigenvalue weighted by Gasteiger charge is -2.14. The van der Waals surface area contributed by atoms with Crippen LogP contribution in [-0.4, -0.2) is 25.2 Å². The van der Waals surface area contributed by atoms with E-state index in [0.29, 0.717) is 16.8 Å². The van der Waals surface area contributed by atoms with Gasteiger partial charge in [0.25, 0.3) is 21.8 Å². The number of aryl methyl sites for hydroxylation is 2. The molecule has 0 fully saturated rings. The second-order valence-corrected chi connectivity index (χ2v) is 10.2. The summed E-state index contributed by atoms with van der Waals surface area (Å²) in [6.07, 6.45) is 3.32. The molecular formula is C28H26N4O4S. The highest BCUT2D eigenvalue weighted by atomic mass is 32.2. The van der Waals surface area contributed by atoms with Crippen molar-refractivity contribution >= 4 is 33.2 Å². The Morgan fingerprint density at radius 1 is 0.838 bits per heavy atom. The summed E-state index contributed by atoms with van der Waals surface area (Å²) >= 11 is 0. The lowest BCUT2D eigenvalue weighted by molar-refractivity contribution is 0.0951. The molecule has 0 unspecified atom stereocenters. The monoisotopic (exact) mass is 514 g/mol. The molecule has 0 bridgehead atoms. The molecule has 2 amide bonds. The molecule has 9 heteroatoms. The molecule has 0 saturated heterocycles. The maximum Gasteiger partial charge on any atom is 0.261 e. The second kappa shape index (κ2) is 11.0. The number of carbonyl (C=O) groups is 2. The molecule has 1 heterocycles. The van der Waals surface area contributed by atoms with Gasteiger partial charge in [-0.3, -0.25) is 19.3 Å². The Labute approximate surface area is 215 Å². The quantitative estimate of drug-likeness (QED) is 0.316. The molecule has 0 aliphatic rings. The number of hydrogen-bond donors (Lipinski definition) is 3. The van der Waals surface area contributed by atoms with Crippen molar-refractivity contribution in [2.45, 2.75) is 25.3 Å². The fourth-order valence-electron chi connectivity index (χ4n) is 3.56. The van der Waals surface area contributed by atoms with E-state index in [1.54, 1.807) is 73.9 Å². The first-order valence-corrected chi connectivity index (χ1v) is 13.0. The van der Waals surface area contributed by atoms with Gasteiger partial charge in [0.1, 0.15) is 0 Å². The van der Waals surface area contributed by atoms with E-state index in [1.165, 1.54) is 18.2 Å². The molecule has 1 aromatic heterocycles. The minimum atomic E-state index is -3.84. The summed E-state index contributed by atoms with van der Waals surface area (Å²) < 4.78 is 28.3. The number of nitrogens with zero attached hydrogens (tertiary/aromatic N) is 1. The van der Waals surface area contributed by atoms with Gasteiger partial charge in [-0.15, -0.1) is 0 Å². The summed E-state index contributed by atoms with van der Waals surface area (Å²) in [4.78, 5) is 30.0. The molecule has 3 N–H and O–H groups in total. The SMILES string of the molecule is Cc1ccc(S(=O)(=O)Nc2cc(C(=O)Nc3ccccc3C(=O)NCc3cccnc3)ccc2C)cc1. The molecule has 0 aliphatic heterocycles. The van der Waals surface area contributed by atoms with Crippen molar-refractivity contribution in [3.05, 3.63) is 119 Å². The van der Waals surface area contributed by atoms with Crippen LogP contribution < -0.4 is 15.4 Å². The largest absolute Gasteiger partial charge is 0.348 e. The highest BCUT2D eigenvalue weighted by molar-refractivity contribution is 7.92. The van der Waals surface area contributed by atoms with E-state index >= 15 is 0 Å². The van der Waals surface area contributed by atoms with E-state index in [1.807, 2.05) is 13.0 Å². The minimum Gasteiger partial charge on any atom is -0.348 e. The van der Waals surface area contributed by atoms with Crippen LogP contribution in [0.25, 0.3) is 0 Å². The number of para-hydroxylation sites is 1. The van der Waals surface area contributed by atoms with Crippen molar-refractivity contribution in [2.75, 3.05) is 10.0 Å². The number of benzene rings is 3. The van der Waals surface area contributed by atoms with Gasteiger partial charge >= 0.3 is 0 Å². The third-order valence-electron chi connectivity index (χ3n) is 5.67. The molecule has 3 aromatic carbocycles. The maximum absolute atomic E-state index is 13.1. The number of rotatable bonds is 8. The molecule has 4 rings (SSSR count).